The summed E-state index contributed by atoms with van der Waals surface area (Å²) < 4.78 is 10.1. The van der Waals surface area contributed by atoms with E-state index in [0.29, 0.717) is 6.54 Å². The molecule has 0 aromatic heterocycles. The van der Waals surface area contributed by atoms with Crippen molar-refractivity contribution in [2.45, 2.75) is 19.9 Å². The fourth-order valence-corrected chi connectivity index (χ4v) is 1.38. The van der Waals surface area contributed by atoms with Crippen LogP contribution in [0.25, 0.3) is 0 Å². The third-order valence-electron chi connectivity index (χ3n) is 2.25. The normalized spacial score (nSPS) is 10.1. The van der Waals surface area contributed by atoms with Crippen LogP contribution in [0.3, 0.4) is 0 Å². The monoisotopic (exact) mass is 252 g/mol. The number of amides is 1. The van der Waals surface area contributed by atoms with Crippen LogP contribution in [0.5, 0.6) is 5.75 Å². The molecule has 0 atom stereocenters. The molecule has 0 aliphatic rings. The molecular weight excluding hydrogens is 232 g/mol. The van der Waals surface area contributed by atoms with E-state index < -0.39 is 6.09 Å². The number of primary amides is 1. The minimum absolute atomic E-state index is 0.285. The van der Waals surface area contributed by atoms with Crippen molar-refractivity contribution in [3.8, 4) is 5.75 Å². The molecule has 0 aliphatic heterocycles. The summed E-state index contributed by atoms with van der Waals surface area (Å²) in [5.74, 6) is 0.887. The Morgan fingerprint density at radius 1 is 1.28 bits per heavy atom. The minimum atomic E-state index is -0.741. The van der Waals surface area contributed by atoms with Gasteiger partial charge in [0.2, 0.25) is 0 Å². The minimum Gasteiger partial charge on any atom is -0.494 e. The number of ether oxygens (including phenoxy) is 2. The van der Waals surface area contributed by atoms with Gasteiger partial charge in [-0.1, -0.05) is 19.1 Å². The predicted molar refractivity (Wildman–Crippen MR) is 69.5 cm³/mol. The maximum Gasteiger partial charge on any atom is 0.404 e. The first-order valence-corrected chi connectivity index (χ1v) is 6.07. The summed E-state index contributed by atoms with van der Waals surface area (Å²) in [5.41, 5.74) is 5.99. The fraction of sp³-hybridized carbons (Fsp3) is 0.462. The molecule has 1 aromatic carbocycles. The number of rotatable bonds is 8. The van der Waals surface area contributed by atoms with E-state index in [1.165, 1.54) is 0 Å². The zero-order chi connectivity index (χ0) is 13.2. The summed E-state index contributed by atoms with van der Waals surface area (Å²) in [6.07, 6.45) is 0.262. The summed E-state index contributed by atoms with van der Waals surface area (Å²) in [6.45, 7) is 4.40. The van der Waals surface area contributed by atoms with E-state index in [1.54, 1.807) is 0 Å². The van der Waals surface area contributed by atoms with E-state index in [2.05, 4.69) is 17.0 Å². The van der Waals surface area contributed by atoms with E-state index in [1.807, 2.05) is 24.3 Å². The summed E-state index contributed by atoms with van der Waals surface area (Å²) in [6, 6.07) is 7.92. The highest BCUT2D eigenvalue weighted by Crippen LogP contribution is 2.12. The van der Waals surface area contributed by atoms with Gasteiger partial charge in [0, 0.05) is 13.1 Å². The van der Waals surface area contributed by atoms with E-state index in [9.17, 15) is 4.79 Å². The van der Waals surface area contributed by atoms with Gasteiger partial charge in [0.1, 0.15) is 12.4 Å². The second-order valence-corrected chi connectivity index (χ2v) is 3.84. The molecule has 100 valence electrons. The van der Waals surface area contributed by atoms with Gasteiger partial charge < -0.3 is 20.5 Å². The van der Waals surface area contributed by atoms with Gasteiger partial charge in [0.15, 0.2) is 0 Å². The first-order chi connectivity index (χ1) is 8.72. The molecule has 0 bridgehead atoms. The van der Waals surface area contributed by atoms with Crippen molar-refractivity contribution < 1.29 is 14.3 Å². The van der Waals surface area contributed by atoms with Crippen molar-refractivity contribution in [1.82, 2.24) is 5.32 Å². The van der Waals surface area contributed by atoms with Gasteiger partial charge >= 0.3 is 6.09 Å². The number of carbonyl (C=O) groups excluding carboxylic acids is 1. The molecule has 1 aromatic rings. The second-order valence-electron chi connectivity index (χ2n) is 3.84. The van der Waals surface area contributed by atoms with Crippen LogP contribution in [0, 0.1) is 0 Å². The van der Waals surface area contributed by atoms with Gasteiger partial charge in [-0.05, 0) is 24.1 Å². The van der Waals surface area contributed by atoms with Gasteiger partial charge in [-0.2, -0.15) is 0 Å². The number of nitrogens with two attached hydrogens (primary N) is 1. The molecule has 0 spiro atoms. The second kappa shape index (κ2) is 8.36. The topological polar surface area (TPSA) is 73.6 Å². The highest BCUT2D eigenvalue weighted by atomic mass is 16.5. The molecule has 0 heterocycles. The third-order valence-corrected chi connectivity index (χ3v) is 2.25. The Balaban J connectivity index is 2.20. The van der Waals surface area contributed by atoms with Crippen LogP contribution < -0.4 is 15.8 Å². The zero-order valence-electron chi connectivity index (χ0n) is 10.6. The summed E-state index contributed by atoms with van der Waals surface area (Å²) in [7, 11) is 0. The molecule has 0 aliphatic carbocycles. The molecule has 0 fully saturated rings. The highest BCUT2D eigenvalue weighted by molar-refractivity contribution is 5.64. The Morgan fingerprint density at radius 3 is 2.61 bits per heavy atom. The summed E-state index contributed by atoms with van der Waals surface area (Å²) in [4.78, 5) is 10.3. The van der Waals surface area contributed by atoms with Crippen molar-refractivity contribution in [2.75, 3.05) is 19.8 Å². The Labute approximate surface area is 107 Å². The van der Waals surface area contributed by atoms with Gasteiger partial charge in [-0.15, -0.1) is 0 Å². The van der Waals surface area contributed by atoms with Gasteiger partial charge in [0.25, 0.3) is 0 Å². The van der Waals surface area contributed by atoms with Gasteiger partial charge in [0.05, 0.1) is 6.61 Å². The lowest BCUT2D eigenvalue weighted by molar-refractivity contribution is 0.157. The largest absolute Gasteiger partial charge is 0.494 e. The fourth-order valence-electron chi connectivity index (χ4n) is 1.38. The Bertz CT molecular complexity index is 352. The van der Waals surface area contributed by atoms with Crippen LogP contribution in [-0.2, 0) is 11.3 Å². The van der Waals surface area contributed by atoms with Crippen LogP contribution in [0.1, 0.15) is 18.9 Å². The smallest absolute Gasteiger partial charge is 0.404 e. The van der Waals surface area contributed by atoms with Crippen LogP contribution in [0.15, 0.2) is 24.3 Å². The number of carbonyl (C=O) groups is 1. The van der Waals surface area contributed by atoms with E-state index in [0.717, 1.165) is 30.9 Å². The molecule has 0 radical (unpaired) electrons. The first kappa shape index (κ1) is 14.3. The number of nitrogens with one attached hydrogen (secondary N) is 1. The molecule has 0 saturated carbocycles. The maximum absolute atomic E-state index is 10.3. The highest BCUT2D eigenvalue weighted by Gasteiger charge is 1.96. The van der Waals surface area contributed by atoms with Crippen molar-refractivity contribution in [3.63, 3.8) is 0 Å². The maximum atomic E-state index is 10.3. The number of hydrogen-bond acceptors (Lipinski definition) is 4. The van der Waals surface area contributed by atoms with Crippen LogP contribution >= 0.6 is 0 Å². The average molecular weight is 252 g/mol. The molecule has 1 amide bonds. The zero-order valence-corrected chi connectivity index (χ0v) is 10.6. The lowest BCUT2D eigenvalue weighted by Gasteiger charge is -2.07. The quantitative estimate of drug-likeness (QED) is 0.690. The van der Waals surface area contributed by atoms with Gasteiger partial charge in [-0.25, -0.2) is 4.79 Å². The molecule has 1 rings (SSSR count). The lowest BCUT2D eigenvalue weighted by atomic mass is 10.2. The molecule has 0 unspecified atom stereocenters. The van der Waals surface area contributed by atoms with Crippen molar-refractivity contribution in [1.29, 1.82) is 0 Å². The molecule has 5 nitrogen and oxygen atoms in total. The number of benzene rings is 1. The Kier molecular flexibility index (Phi) is 6.64. The molecule has 18 heavy (non-hydrogen) atoms. The molecular formula is C13H20N2O3. The predicted octanol–water partition coefficient (Wildman–Crippen LogP) is 1.66. The first-order valence-electron chi connectivity index (χ1n) is 6.07. The van der Waals surface area contributed by atoms with Crippen LogP contribution in [0.4, 0.5) is 4.79 Å². The van der Waals surface area contributed by atoms with Crippen molar-refractivity contribution in [3.05, 3.63) is 29.8 Å². The average Bonchev–Trinajstić information content (AvgIpc) is 2.37. The van der Waals surface area contributed by atoms with E-state index in [-0.39, 0.29) is 6.61 Å². The van der Waals surface area contributed by atoms with Crippen LogP contribution in [0.2, 0.25) is 0 Å². The summed E-state index contributed by atoms with van der Waals surface area (Å²) >= 11 is 0. The SMILES string of the molecule is CCCOc1ccc(CNCCOC(N)=O)cc1. The Morgan fingerprint density at radius 2 is 2.00 bits per heavy atom. The molecule has 3 N–H and O–H groups in total. The lowest BCUT2D eigenvalue weighted by Crippen LogP contribution is -2.23. The Hall–Kier alpha value is -1.75. The van der Waals surface area contributed by atoms with Crippen molar-refractivity contribution in [2.24, 2.45) is 5.73 Å². The third kappa shape index (κ3) is 6.10. The molecule has 5 heteroatoms. The van der Waals surface area contributed by atoms with E-state index >= 15 is 0 Å². The van der Waals surface area contributed by atoms with Crippen LogP contribution in [-0.4, -0.2) is 25.9 Å². The standard InChI is InChI=1S/C13H20N2O3/c1-2-8-17-12-5-3-11(4-6-12)10-15-7-9-18-13(14)16/h3-6,15H,2,7-10H2,1H3,(H2,14,16). The van der Waals surface area contributed by atoms with E-state index in [4.69, 9.17) is 10.5 Å². The van der Waals surface area contributed by atoms with Crippen molar-refractivity contribution >= 4 is 6.09 Å². The summed E-state index contributed by atoms with van der Waals surface area (Å²) in [5, 5.41) is 3.15. The van der Waals surface area contributed by atoms with Gasteiger partial charge in [-0.3, -0.25) is 0 Å². The number of hydrogen-bond donors (Lipinski definition) is 2. The molecule has 0 saturated heterocycles.